The highest BCUT2D eigenvalue weighted by Crippen LogP contribution is 2.20. The molecule has 3 heteroatoms. The van der Waals surface area contributed by atoms with Crippen LogP contribution in [0, 0.1) is 5.92 Å². The van der Waals surface area contributed by atoms with Crippen molar-refractivity contribution < 1.29 is 14.6 Å². The van der Waals surface area contributed by atoms with Crippen LogP contribution in [0.4, 0.5) is 0 Å². The summed E-state index contributed by atoms with van der Waals surface area (Å²) in [7, 11) is 0. The van der Waals surface area contributed by atoms with Gasteiger partial charge in [-0.2, -0.15) is 0 Å². The Balaban J connectivity index is 2.61. The van der Waals surface area contributed by atoms with E-state index in [-0.39, 0.29) is 11.5 Å². The Hall–Kier alpha value is -1.61. The molecule has 0 aliphatic heterocycles. The SMILES string of the molecule is C=C(C(=O)OCC(C)C)C(O)c1ccccc1. The smallest absolute Gasteiger partial charge is 0.336 e. The van der Waals surface area contributed by atoms with Gasteiger partial charge in [-0.3, -0.25) is 0 Å². The zero-order chi connectivity index (χ0) is 12.8. The van der Waals surface area contributed by atoms with Gasteiger partial charge >= 0.3 is 5.97 Å². The Morgan fingerprint density at radius 3 is 2.47 bits per heavy atom. The predicted molar refractivity (Wildman–Crippen MR) is 66.3 cm³/mol. The number of hydrogen-bond acceptors (Lipinski definition) is 3. The summed E-state index contributed by atoms with van der Waals surface area (Å²) in [5, 5.41) is 9.92. The van der Waals surface area contributed by atoms with Gasteiger partial charge in [0.05, 0.1) is 12.2 Å². The summed E-state index contributed by atoms with van der Waals surface area (Å²) in [6.07, 6.45) is -1.00. The first-order valence-corrected chi connectivity index (χ1v) is 5.61. The maximum atomic E-state index is 11.6. The van der Waals surface area contributed by atoms with Crippen LogP contribution in [0.5, 0.6) is 0 Å². The van der Waals surface area contributed by atoms with E-state index in [4.69, 9.17) is 4.74 Å². The molecule has 1 rings (SSSR count). The molecule has 1 unspecified atom stereocenters. The molecule has 1 aromatic carbocycles. The third-order valence-corrected chi connectivity index (χ3v) is 2.26. The standard InChI is InChI=1S/C14H18O3/c1-10(2)9-17-14(16)11(3)13(15)12-7-5-4-6-8-12/h4-8,10,13,15H,3,9H2,1-2H3. The number of esters is 1. The highest BCUT2D eigenvalue weighted by molar-refractivity contribution is 5.89. The molecule has 0 spiro atoms. The number of carbonyl (C=O) groups is 1. The van der Waals surface area contributed by atoms with Gasteiger partial charge in [0.2, 0.25) is 0 Å². The van der Waals surface area contributed by atoms with E-state index < -0.39 is 12.1 Å². The Morgan fingerprint density at radius 2 is 1.94 bits per heavy atom. The minimum atomic E-state index is -1.00. The topological polar surface area (TPSA) is 46.5 Å². The van der Waals surface area contributed by atoms with Crippen molar-refractivity contribution in [3.63, 3.8) is 0 Å². The largest absolute Gasteiger partial charge is 0.462 e. The second kappa shape index (κ2) is 6.21. The molecule has 0 aliphatic carbocycles. The lowest BCUT2D eigenvalue weighted by atomic mass is 10.0. The van der Waals surface area contributed by atoms with Crippen LogP contribution in [0.25, 0.3) is 0 Å². The highest BCUT2D eigenvalue weighted by atomic mass is 16.5. The van der Waals surface area contributed by atoms with E-state index in [1.807, 2.05) is 19.9 Å². The molecule has 17 heavy (non-hydrogen) atoms. The van der Waals surface area contributed by atoms with Crippen LogP contribution in [0.15, 0.2) is 42.5 Å². The van der Waals surface area contributed by atoms with Crippen molar-refractivity contribution in [1.82, 2.24) is 0 Å². The summed E-state index contributed by atoms with van der Waals surface area (Å²) in [6.45, 7) is 7.81. The summed E-state index contributed by atoms with van der Waals surface area (Å²) in [5.41, 5.74) is 0.704. The zero-order valence-electron chi connectivity index (χ0n) is 10.2. The predicted octanol–water partition coefficient (Wildman–Crippen LogP) is 2.48. The lowest BCUT2D eigenvalue weighted by Gasteiger charge is -2.14. The van der Waals surface area contributed by atoms with Crippen molar-refractivity contribution in [2.75, 3.05) is 6.61 Å². The molecule has 92 valence electrons. The van der Waals surface area contributed by atoms with Gasteiger partial charge in [-0.15, -0.1) is 0 Å². The van der Waals surface area contributed by atoms with Crippen LogP contribution in [-0.4, -0.2) is 17.7 Å². The highest BCUT2D eigenvalue weighted by Gasteiger charge is 2.19. The molecule has 0 aromatic heterocycles. The summed E-state index contributed by atoms with van der Waals surface area (Å²) in [5.74, 6) is -0.282. The van der Waals surface area contributed by atoms with Crippen LogP contribution < -0.4 is 0 Å². The van der Waals surface area contributed by atoms with Gasteiger partial charge in [0, 0.05) is 0 Å². The first-order valence-electron chi connectivity index (χ1n) is 5.61. The van der Waals surface area contributed by atoms with Crippen LogP contribution in [0.3, 0.4) is 0 Å². The zero-order valence-corrected chi connectivity index (χ0v) is 10.2. The fourth-order valence-electron chi connectivity index (χ4n) is 1.28. The van der Waals surface area contributed by atoms with Crippen LogP contribution >= 0.6 is 0 Å². The Bertz CT molecular complexity index is 382. The van der Waals surface area contributed by atoms with E-state index in [1.54, 1.807) is 24.3 Å². The average molecular weight is 234 g/mol. The number of aliphatic hydroxyl groups excluding tert-OH is 1. The maximum Gasteiger partial charge on any atom is 0.336 e. The van der Waals surface area contributed by atoms with Crippen molar-refractivity contribution in [1.29, 1.82) is 0 Å². The lowest BCUT2D eigenvalue weighted by Crippen LogP contribution is -2.16. The number of ether oxygens (including phenoxy) is 1. The van der Waals surface area contributed by atoms with E-state index in [0.29, 0.717) is 12.2 Å². The number of hydrogen-bond donors (Lipinski definition) is 1. The monoisotopic (exact) mass is 234 g/mol. The lowest BCUT2D eigenvalue weighted by molar-refractivity contribution is -0.141. The first kappa shape index (κ1) is 13.5. The number of aliphatic hydroxyl groups is 1. The summed E-state index contributed by atoms with van der Waals surface area (Å²) in [4.78, 5) is 11.6. The van der Waals surface area contributed by atoms with E-state index in [2.05, 4.69) is 6.58 Å². The third kappa shape index (κ3) is 4.04. The second-order valence-electron chi connectivity index (χ2n) is 4.33. The molecular formula is C14H18O3. The van der Waals surface area contributed by atoms with E-state index in [1.165, 1.54) is 0 Å². The Kier molecular flexibility index (Phi) is 4.91. The van der Waals surface area contributed by atoms with Gasteiger partial charge < -0.3 is 9.84 Å². The summed E-state index contributed by atoms with van der Waals surface area (Å²) in [6, 6.07) is 8.92. The average Bonchev–Trinajstić information content (AvgIpc) is 2.35. The molecule has 0 amide bonds. The molecule has 0 heterocycles. The normalized spacial score (nSPS) is 12.2. The Morgan fingerprint density at radius 1 is 1.35 bits per heavy atom. The molecule has 0 bridgehead atoms. The van der Waals surface area contributed by atoms with Gasteiger partial charge in [0.25, 0.3) is 0 Å². The van der Waals surface area contributed by atoms with Gasteiger partial charge in [-0.1, -0.05) is 50.8 Å². The second-order valence-corrected chi connectivity index (χ2v) is 4.33. The molecule has 0 radical (unpaired) electrons. The van der Waals surface area contributed by atoms with Crippen molar-refractivity contribution >= 4 is 5.97 Å². The molecule has 0 saturated heterocycles. The van der Waals surface area contributed by atoms with Gasteiger partial charge in [-0.25, -0.2) is 4.79 Å². The van der Waals surface area contributed by atoms with Crippen LogP contribution in [0.1, 0.15) is 25.5 Å². The molecule has 0 fully saturated rings. The van der Waals surface area contributed by atoms with E-state index >= 15 is 0 Å². The van der Waals surface area contributed by atoms with Gasteiger partial charge in [-0.05, 0) is 11.5 Å². The van der Waals surface area contributed by atoms with Gasteiger partial charge in [0.15, 0.2) is 0 Å². The first-order chi connectivity index (χ1) is 8.02. The maximum absolute atomic E-state index is 11.6. The van der Waals surface area contributed by atoms with Gasteiger partial charge in [0.1, 0.15) is 6.10 Å². The van der Waals surface area contributed by atoms with Crippen molar-refractivity contribution in [2.45, 2.75) is 20.0 Å². The van der Waals surface area contributed by atoms with E-state index in [9.17, 15) is 9.90 Å². The quantitative estimate of drug-likeness (QED) is 0.629. The van der Waals surface area contributed by atoms with Crippen molar-refractivity contribution in [2.24, 2.45) is 5.92 Å². The Labute approximate surface area is 102 Å². The minimum absolute atomic E-state index is 0.0665. The molecular weight excluding hydrogens is 216 g/mol. The summed E-state index contributed by atoms with van der Waals surface area (Å²) >= 11 is 0. The molecule has 3 nitrogen and oxygen atoms in total. The number of rotatable bonds is 5. The van der Waals surface area contributed by atoms with Crippen LogP contribution in [-0.2, 0) is 9.53 Å². The number of carbonyl (C=O) groups excluding carboxylic acids is 1. The molecule has 1 aromatic rings. The van der Waals surface area contributed by atoms with Crippen molar-refractivity contribution in [3.05, 3.63) is 48.0 Å². The third-order valence-electron chi connectivity index (χ3n) is 2.26. The van der Waals surface area contributed by atoms with Crippen molar-refractivity contribution in [3.8, 4) is 0 Å². The molecule has 0 aliphatic rings. The molecule has 1 N–H and O–H groups in total. The molecule has 0 saturated carbocycles. The fourth-order valence-corrected chi connectivity index (χ4v) is 1.28. The van der Waals surface area contributed by atoms with E-state index in [0.717, 1.165) is 0 Å². The minimum Gasteiger partial charge on any atom is -0.462 e. The number of benzene rings is 1. The fraction of sp³-hybridized carbons (Fsp3) is 0.357. The molecule has 1 atom stereocenters. The van der Waals surface area contributed by atoms with Crippen LogP contribution in [0.2, 0.25) is 0 Å². The summed E-state index contributed by atoms with van der Waals surface area (Å²) < 4.78 is 5.01.